The second-order valence-corrected chi connectivity index (χ2v) is 7.59. The minimum atomic E-state index is -0.128. The van der Waals surface area contributed by atoms with Gasteiger partial charge in [0, 0.05) is 19.2 Å². The first-order valence-electron chi connectivity index (χ1n) is 9.57. The average molecular weight is 403 g/mol. The fourth-order valence-corrected chi connectivity index (χ4v) is 3.43. The van der Waals surface area contributed by atoms with Crippen molar-refractivity contribution in [2.24, 2.45) is 5.92 Å². The quantitative estimate of drug-likeness (QED) is 0.685. The number of H-pyrrole nitrogens is 1. The van der Waals surface area contributed by atoms with Gasteiger partial charge in [0.25, 0.3) is 11.3 Å². The number of hydrogen-bond donors (Lipinski definition) is 2. The van der Waals surface area contributed by atoms with Crippen LogP contribution in [0.15, 0.2) is 35.1 Å². The summed E-state index contributed by atoms with van der Waals surface area (Å²) in [7, 11) is 0. The van der Waals surface area contributed by atoms with Gasteiger partial charge in [-0.25, -0.2) is 4.98 Å². The molecular weight excluding hydrogens is 376 g/mol. The van der Waals surface area contributed by atoms with Gasteiger partial charge in [0.2, 0.25) is 5.95 Å². The highest BCUT2D eigenvalue weighted by molar-refractivity contribution is 5.85. The molecule has 1 saturated heterocycles. The van der Waals surface area contributed by atoms with Crippen LogP contribution in [0, 0.1) is 12.8 Å². The zero-order chi connectivity index (χ0) is 18.8. The van der Waals surface area contributed by atoms with E-state index in [2.05, 4.69) is 63.4 Å². The lowest BCUT2D eigenvalue weighted by Gasteiger charge is -2.29. The van der Waals surface area contributed by atoms with Crippen LogP contribution in [0.25, 0.3) is 5.78 Å². The smallest absolute Gasteiger partial charge is 0.274 e. The number of aryl methyl sites for hydroxylation is 1. The third-order valence-electron chi connectivity index (χ3n) is 5.23. The van der Waals surface area contributed by atoms with E-state index in [0.29, 0.717) is 24.8 Å². The van der Waals surface area contributed by atoms with E-state index in [1.807, 2.05) is 0 Å². The van der Waals surface area contributed by atoms with Crippen LogP contribution >= 0.6 is 12.4 Å². The fourth-order valence-electron chi connectivity index (χ4n) is 3.43. The van der Waals surface area contributed by atoms with Gasteiger partial charge in [-0.05, 0) is 44.3 Å². The molecule has 3 heterocycles. The normalized spacial score (nSPS) is 15.5. The summed E-state index contributed by atoms with van der Waals surface area (Å²) in [5, 5.41) is 6.21. The molecule has 2 aromatic heterocycles. The second-order valence-electron chi connectivity index (χ2n) is 7.59. The molecule has 150 valence electrons. The van der Waals surface area contributed by atoms with Crippen LogP contribution in [0.2, 0.25) is 0 Å². The largest absolute Gasteiger partial charge is 0.351 e. The Labute approximate surface area is 170 Å². The lowest BCUT2D eigenvalue weighted by atomic mass is 9.99. The van der Waals surface area contributed by atoms with Crippen LogP contribution in [-0.4, -0.2) is 37.6 Å². The highest BCUT2D eigenvalue weighted by Crippen LogP contribution is 2.17. The number of anilines is 1. The molecule has 3 aromatic rings. The zero-order valence-electron chi connectivity index (χ0n) is 16.3. The lowest BCUT2D eigenvalue weighted by molar-refractivity contribution is 0.183. The van der Waals surface area contributed by atoms with E-state index in [-0.39, 0.29) is 18.0 Å². The minimum absolute atomic E-state index is 0. The first-order valence-corrected chi connectivity index (χ1v) is 9.57. The molecular formula is C20H27ClN6O. The number of fused-ring (bicyclic) bond motifs is 1. The van der Waals surface area contributed by atoms with E-state index in [1.165, 1.54) is 22.9 Å². The molecule has 1 aliphatic heterocycles. The fraction of sp³-hybridized carbons (Fsp3) is 0.450. The summed E-state index contributed by atoms with van der Waals surface area (Å²) in [4.78, 5) is 23.8. The summed E-state index contributed by atoms with van der Waals surface area (Å²) in [5.74, 6) is 1.74. The summed E-state index contributed by atoms with van der Waals surface area (Å²) in [6.07, 6.45) is 2.41. The highest BCUT2D eigenvalue weighted by Gasteiger charge is 2.17. The number of halogens is 1. The molecule has 8 heteroatoms. The molecule has 2 N–H and O–H groups in total. The number of nitrogens with one attached hydrogen (secondary N) is 2. The van der Waals surface area contributed by atoms with E-state index in [0.717, 1.165) is 30.3 Å². The monoisotopic (exact) mass is 402 g/mol. The topological polar surface area (TPSA) is 78.3 Å². The molecule has 4 rings (SSSR count). The predicted molar refractivity (Wildman–Crippen MR) is 113 cm³/mol. The number of benzene rings is 1. The molecule has 0 saturated carbocycles. The standard InChI is InChI=1S/C20H26N6O.ClH/c1-14-3-5-16(6-4-14)12-21-19-23-20-22-17(11-18(27)26(20)24-19)13-25-9-7-15(2)8-10-25;/h3-6,11,15H,7-10,12-13H2,1-2H3,(H2,21,22,23,24);1H. The van der Waals surface area contributed by atoms with Crippen molar-refractivity contribution in [3.63, 3.8) is 0 Å². The van der Waals surface area contributed by atoms with Gasteiger partial charge in [-0.2, -0.15) is 9.50 Å². The van der Waals surface area contributed by atoms with Crippen LogP contribution < -0.4 is 10.9 Å². The Bertz CT molecular complexity index is 973. The van der Waals surface area contributed by atoms with Crippen LogP contribution in [0.5, 0.6) is 0 Å². The molecule has 0 bridgehead atoms. The summed E-state index contributed by atoms with van der Waals surface area (Å²) in [6, 6.07) is 9.91. The van der Waals surface area contributed by atoms with Crippen LogP contribution in [0.1, 0.15) is 36.6 Å². The van der Waals surface area contributed by atoms with Crippen molar-refractivity contribution >= 4 is 24.1 Å². The maximum Gasteiger partial charge on any atom is 0.274 e. The summed E-state index contributed by atoms with van der Waals surface area (Å²) in [6.45, 7) is 7.82. The summed E-state index contributed by atoms with van der Waals surface area (Å²) < 4.78 is 1.39. The van der Waals surface area contributed by atoms with Gasteiger partial charge in [-0.1, -0.05) is 36.8 Å². The Balaban J connectivity index is 0.00000225. The number of hydrogen-bond acceptors (Lipinski definition) is 5. The van der Waals surface area contributed by atoms with Crippen LogP contribution in [0.4, 0.5) is 5.95 Å². The van der Waals surface area contributed by atoms with E-state index in [9.17, 15) is 4.79 Å². The van der Waals surface area contributed by atoms with Crippen molar-refractivity contribution in [1.29, 1.82) is 0 Å². The molecule has 28 heavy (non-hydrogen) atoms. The Morgan fingerprint density at radius 3 is 2.61 bits per heavy atom. The Kier molecular flexibility index (Phi) is 6.36. The van der Waals surface area contributed by atoms with Crippen molar-refractivity contribution in [2.45, 2.75) is 39.8 Å². The SMILES string of the molecule is Cc1ccc(CNc2nc3nc(CN4CCC(C)CC4)cc(=O)n3[nH]2)cc1.Cl. The van der Waals surface area contributed by atoms with Gasteiger partial charge in [0.1, 0.15) is 0 Å². The van der Waals surface area contributed by atoms with E-state index >= 15 is 0 Å². The van der Waals surface area contributed by atoms with Gasteiger partial charge >= 0.3 is 0 Å². The highest BCUT2D eigenvalue weighted by atomic mass is 35.5. The maximum absolute atomic E-state index is 12.4. The first kappa shape index (κ1) is 20.4. The molecule has 1 fully saturated rings. The van der Waals surface area contributed by atoms with Gasteiger partial charge in [0.15, 0.2) is 0 Å². The third-order valence-corrected chi connectivity index (χ3v) is 5.23. The summed E-state index contributed by atoms with van der Waals surface area (Å²) >= 11 is 0. The number of nitrogens with zero attached hydrogens (tertiary/aromatic N) is 4. The van der Waals surface area contributed by atoms with Crippen molar-refractivity contribution in [3.8, 4) is 0 Å². The summed E-state index contributed by atoms with van der Waals surface area (Å²) in [5.41, 5.74) is 3.04. The maximum atomic E-state index is 12.4. The van der Waals surface area contributed by atoms with Crippen LogP contribution in [-0.2, 0) is 13.1 Å². The van der Waals surface area contributed by atoms with Gasteiger partial charge < -0.3 is 5.32 Å². The molecule has 0 radical (unpaired) electrons. The van der Waals surface area contributed by atoms with Gasteiger partial charge in [-0.3, -0.25) is 14.8 Å². The van der Waals surface area contributed by atoms with Crippen molar-refractivity contribution in [2.75, 3.05) is 18.4 Å². The molecule has 1 aromatic carbocycles. The Hall–Kier alpha value is -2.38. The molecule has 0 unspecified atom stereocenters. The Morgan fingerprint density at radius 1 is 1.18 bits per heavy atom. The number of aromatic amines is 1. The van der Waals surface area contributed by atoms with Gasteiger partial charge in [0.05, 0.1) is 5.69 Å². The predicted octanol–water partition coefficient (Wildman–Crippen LogP) is 2.99. The first-order chi connectivity index (χ1) is 13.1. The van der Waals surface area contributed by atoms with E-state index in [1.54, 1.807) is 6.07 Å². The number of aromatic nitrogens is 4. The van der Waals surface area contributed by atoms with Crippen molar-refractivity contribution < 1.29 is 0 Å². The second kappa shape index (κ2) is 8.75. The molecule has 7 nitrogen and oxygen atoms in total. The number of piperidine rings is 1. The molecule has 0 amide bonds. The van der Waals surface area contributed by atoms with Gasteiger partial charge in [-0.15, -0.1) is 12.4 Å². The molecule has 0 atom stereocenters. The van der Waals surface area contributed by atoms with E-state index < -0.39 is 0 Å². The van der Waals surface area contributed by atoms with Crippen molar-refractivity contribution in [1.82, 2.24) is 24.5 Å². The molecule has 0 spiro atoms. The zero-order valence-corrected chi connectivity index (χ0v) is 17.1. The van der Waals surface area contributed by atoms with Crippen LogP contribution in [0.3, 0.4) is 0 Å². The van der Waals surface area contributed by atoms with Crippen molar-refractivity contribution in [3.05, 3.63) is 57.5 Å². The number of likely N-dealkylation sites (tertiary alicyclic amines) is 1. The molecule has 0 aliphatic carbocycles. The third kappa shape index (κ3) is 4.72. The minimum Gasteiger partial charge on any atom is -0.351 e. The number of rotatable bonds is 5. The molecule has 1 aliphatic rings. The average Bonchev–Trinajstić information content (AvgIpc) is 3.07. The van der Waals surface area contributed by atoms with E-state index in [4.69, 9.17) is 0 Å². The Morgan fingerprint density at radius 2 is 1.89 bits per heavy atom. The lowest BCUT2D eigenvalue weighted by Crippen LogP contribution is -2.33.